The number of nitrogens with one attached hydrogen (secondary N) is 2. The zero-order chi connectivity index (χ0) is 85.5. The van der Waals surface area contributed by atoms with E-state index in [-0.39, 0.29) is 208 Å². The molecule has 0 aliphatic carbocycles. The largest absolute Gasteiger partial charge is 0.786 e. The third kappa shape index (κ3) is 43.0. The minimum atomic E-state index is -3.53. The summed E-state index contributed by atoms with van der Waals surface area (Å²) in [5.74, 6) is -1.23. The molecule has 8 aliphatic heterocycles. The maximum atomic E-state index is 13.2. The molecule has 8 heterocycles. The Labute approximate surface area is 719 Å². The molecule has 118 heavy (non-hydrogen) atoms. The van der Waals surface area contributed by atoms with Crippen LogP contribution >= 0.6 is 32.3 Å². The average molecular weight is 1760 g/mol. The number of likely N-dealkylation sites (N-methyl/N-ethyl adjacent to an activating group) is 2. The Morgan fingerprint density at radius 1 is 0.500 bits per heavy atom. The van der Waals surface area contributed by atoms with E-state index >= 15 is 0 Å². The molecular weight excluding hydrogens is 1640 g/mol. The molecule has 0 aromatic heterocycles. The lowest BCUT2D eigenvalue weighted by Gasteiger charge is -2.36. The Hall–Kier alpha value is -0.601. The Kier molecular flexibility index (Phi) is 61.2. The second-order valence-corrected chi connectivity index (χ2v) is 34.2. The van der Waals surface area contributed by atoms with Gasteiger partial charge in [-0.15, -0.1) is 0 Å². The number of ether oxygens (including phenoxy) is 15. The second kappa shape index (κ2) is 62.6. The summed E-state index contributed by atoms with van der Waals surface area (Å²) in [7, 11) is 66.5. The van der Waals surface area contributed by atoms with Crippen molar-refractivity contribution in [3.05, 3.63) is 0 Å². The van der Waals surface area contributed by atoms with Gasteiger partial charge in [-0.05, 0) is 92.7 Å². The Balaban J connectivity index is 0.000000733. The van der Waals surface area contributed by atoms with Gasteiger partial charge in [-0.2, -0.15) is 0 Å². The van der Waals surface area contributed by atoms with Gasteiger partial charge in [0.25, 0.3) is 0 Å². The molecule has 53 heteroatoms. The molecule has 0 aromatic carbocycles. The van der Waals surface area contributed by atoms with Gasteiger partial charge in [0.1, 0.15) is 111 Å². The van der Waals surface area contributed by atoms with E-state index in [0.717, 1.165) is 0 Å². The highest BCUT2D eigenvalue weighted by molar-refractivity contribution is 8.29. The summed E-state index contributed by atoms with van der Waals surface area (Å²) in [4.78, 5) is 63.0. The molecule has 0 saturated carbocycles. The number of amides is 3. The number of rotatable bonds is 44. The molecule has 20 radical (unpaired) electrons. The topological polar surface area (TPSA) is 452 Å². The van der Waals surface area contributed by atoms with Gasteiger partial charge in [0, 0.05) is 151 Å². The zero-order valence-corrected chi connectivity index (χ0v) is 74.4. The van der Waals surface area contributed by atoms with Gasteiger partial charge in [-0.25, -0.2) is 9.24 Å². The molecule has 38 nitrogen and oxygen atoms in total. The Morgan fingerprint density at radius 2 is 0.864 bits per heavy atom. The van der Waals surface area contributed by atoms with Crippen molar-refractivity contribution >= 4 is 147 Å². The van der Waals surface area contributed by atoms with Crippen LogP contribution in [-0.4, -0.2) is 467 Å². The van der Waals surface area contributed by atoms with Crippen LogP contribution in [0.4, 0.5) is 0 Å². The van der Waals surface area contributed by atoms with Gasteiger partial charge in [-0.1, -0.05) is 0 Å². The summed E-state index contributed by atoms with van der Waals surface area (Å²) in [6, 6.07) is -3.03. The van der Waals surface area contributed by atoms with E-state index in [1.807, 2.05) is 18.6 Å². The van der Waals surface area contributed by atoms with Crippen molar-refractivity contribution in [2.24, 2.45) is 0 Å². The SMILES string of the molecule is O.O.O.[B]C1CC(OC)C(COP(C)OC2CC([B])OC2COC)O1.[B]C1CC(OC)C(COP([O-])OC2CC([B])OC2COC)O1.[B]C1CC(OC)C(COP([S-])OC2CC([B])OC2COC)O1.[B]C1CN(C)CC(COP(=O)(OC2CC([B])OC2COC)N(C)C)O1.[B]CC(=O)N(CCNC(=O)CN(CCNC)C(=O)C[B])CC(C)=O. The van der Waals surface area contributed by atoms with Crippen molar-refractivity contribution < 1.29 is 152 Å². The van der Waals surface area contributed by atoms with E-state index in [2.05, 4.69) is 10.6 Å². The normalized spacial score (nSPS) is 32.3. The van der Waals surface area contributed by atoms with Crippen LogP contribution in [-0.2, 0) is 143 Å². The first kappa shape index (κ1) is 115. The van der Waals surface area contributed by atoms with E-state index < -0.39 is 62.5 Å². The Bertz CT molecular complexity index is 2610. The predicted molar refractivity (Wildman–Crippen MR) is 446 cm³/mol. The third-order valence-electron chi connectivity index (χ3n) is 18.4. The number of Topliss-reactive ketones (excluding diaryl/α,β-unsaturated/α-hetero) is 1. The number of methoxy groups -OCH3 is 7. The fraction of sp³-hybridized carbons (Fsp3) is 0.938. The molecule has 8 rings (SSSR count). The molecule has 0 aromatic rings. The fourth-order valence-electron chi connectivity index (χ4n) is 12.7. The van der Waals surface area contributed by atoms with Gasteiger partial charge in [0.15, 0.2) is 8.38 Å². The zero-order valence-electron chi connectivity index (χ0n) is 70.1. The molecule has 660 valence electrons. The van der Waals surface area contributed by atoms with Crippen LogP contribution < -0.4 is 15.5 Å². The van der Waals surface area contributed by atoms with Gasteiger partial charge in [0.2, 0.25) is 17.7 Å². The molecule has 8 saturated heterocycles. The van der Waals surface area contributed by atoms with Crippen molar-refractivity contribution in [3.63, 3.8) is 0 Å². The quantitative estimate of drug-likeness (QED) is 0.0328. The maximum absolute atomic E-state index is 13.2. The molecule has 8 N–H and O–H groups in total. The predicted octanol–water partition coefficient (Wildman–Crippen LogP) is -4.77. The molecule has 8 aliphatic rings. The lowest BCUT2D eigenvalue weighted by Crippen LogP contribution is -2.47. The summed E-state index contributed by atoms with van der Waals surface area (Å²) in [6.07, 6.45) is -0.116. The first-order valence-electron chi connectivity index (χ1n) is 37.7. The van der Waals surface area contributed by atoms with Crippen LogP contribution in [0.2, 0.25) is 12.6 Å². The average Bonchev–Trinajstić information content (AvgIpc) is 1.52. The monoisotopic (exact) mass is 1760 g/mol. The van der Waals surface area contributed by atoms with E-state index in [1.165, 1.54) is 21.4 Å². The van der Waals surface area contributed by atoms with Crippen molar-refractivity contribution in [1.82, 2.24) is 30.0 Å². The highest BCUT2D eigenvalue weighted by Crippen LogP contribution is 2.53. The Morgan fingerprint density at radius 3 is 1.25 bits per heavy atom. The van der Waals surface area contributed by atoms with E-state index in [0.29, 0.717) is 104 Å². The fourth-order valence-corrected chi connectivity index (χ4v) is 17.2. The van der Waals surface area contributed by atoms with Crippen LogP contribution in [0, 0.1) is 0 Å². The first-order chi connectivity index (χ1) is 54.7. The smallest absolute Gasteiger partial charge is 0.408 e. The number of carbonyl (C=O) groups is 4. The van der Waals surface area contributed by atoms with Gasteiger partial charge < -0.3 is 157 Å². The van der Waals surface area contributed by atoms with Crippen LogP contribution in [0.5, 0.6) is 0 Å². The van der Waals surface area contributed by atoms with E-state index in [9.17, 15) is 28.6 Å². The van der Waals surface area contributed by atoms with Crippen molar-refractivity contribution in [3.8, 4) is 0 Å². The number of carbonyl (C=O) groups excluding carboxylic acids is 4. The van der Waals surface area contributed by atoms with Crippen LogP contribution in [0.3, 0.4) is 0 Å². The minimum absolute atomic E-state index is 0. The maximum Gasteiger partial charge on any atom is 0.408 e. The summed E-state index contributed by atoms with van der Waals surface area (Å²) in [5, 5.41) is 5.50. The number of nitrogens with zero attached hydrogens (tertiary/aromatic N) is 4. The van der Waals surface area contributed by atoms with Crippen molar-refractivity contribution in [2.45, 2.75) is 204 Å². The summed E-state index contributed by atoms with van der Waals surface area (Å²) in [6.45, 7) is 7.97. The van der Waals surface area contributed by atoms with Gasteiger partial charge >= 0.3 is 7.75 Å². The second-order valence-electron chi connectivity index (χ2n) is 28.0. The number of hydrogen-bond acceptors (Lipinski definition) is 32. The van der Waals surface area contributed by atoms with Crippen LogP contribution in [0.1, 0.15) is 51.9 Å². The molecule has 27 atom stereocenters. The van der Waals surface area contributed by atoms with Crippen LogP contribution in [0.15, 0.2) is 0 Å². The standard InChI is InChI=1S/C14H24B2N4O4.C14H27B2N2O6P.C13H23B2O6P.C12H20B2O7P.C12H20B2O6PS.3H2O/c1-11(21)9-19(13(23)7-15)6-4-18-12(22)10-20(5-3-17-2)14(24)8-16;1-17(2)25(19,21-8-10-6-18(3)7-14(16)22-10)24-11-5-13(15)23-12(11)9-20-4;1-16-6-10-9(5-13(15)19-10)21-22(3)18-7-11-8(17-2)4-12(14)20-11;1-16-5-9-8(4-12(14)19-9)21-22(15)18-6-10-7(17-2)3-11(13)20-10;1-15-5-9-8(4-12(14)18-9)20-21(22)17-6-10-7(16-2)3-11(13)19-10;;;/h17H,3-10H2,1-2H3,(H,18,22);10-14H,5-9H2,1-4H3;8-13H,4-7H2,1-3H3;2*7-12H,3-6H2,1-2H3;3*1H2/q;;;2*-1;;;. The summed E-state index contributed by atoms with van der Waals surface area (Å²) >= 11 is 5.24. The van der Waals surface area contributed by atoms with E-state index in [1.54, 1.807) is 70.9 Å². The molecule has 27 unspecified atom stereocenters. The molecule has 0 bridgehead atoms. The lowest BCUT2D eigenvalue weighted by molar-refractivity contribution is -0.213. The van der Waals surface area contributed by atoms with Crippen molar-refractivity contribution in [2.75, 3.05) is 190 Å². The van der Waals surface area contributed by atoms with Gasteiger partial charge in [-0.3, -0.25) is 28.2 Å². The lowest BCUT2D eigenvalue weighted by atomic mass is 9.96. The third-order valence-corrected chi connectivity index (χ3v) is 23.6. The number of hydrogen-bond donors (Lipinski definition) is 2. The minimum Gasteiger partial charge on any atom is -0.786 e. The number of ketones is 1. The summed E-state index contributed by atoms with van der Waals surface area (Å²) in [5.41, 5.74) is 0. The van der Waals surface area contributed by atoms with Crippen LogP contribution in [0.25, 0.3) is 0 Å². The first-order valence-corrected chi connectivity index (χ1v) is 44.1. The molecule has 8 fully saturated rings. The molecular formula is C65H120B10N6O32P4S-2. The molecule has 0 spiro atoms. The van der Waals surface area contributed by atoms with Gasteiger partial charge in [0.05, 0.1) is 139 Å². The molecule has 3 amide bonds. The highest BCUT2D eigenvalue weighted by atomic mass is 32.7. The highest BCUT2D eigenvalue weighted by Gasteiger charge is 2.44. The summed E-state index contributed by atoms with van der Waals surface area (Å²) < 4.78 is 140. The van der Waals surface area contributed by atoms with E-state index in [4.69, 9.17) is 198 Å². The number of morpholine rings is 1. The van der Waals surface area contributed by atoms with Crippen molar-refractivity contribution in [1.29, 1.82) is 0 Å².